The van der Waals surface area contributed by atoms with Gasteiger partial charge in [0, 0.05) is 23.6 Å². The number of halogens is 1. The van der Waals surface area contributed by atoms with Crippen molar-refractivity contribution in [3.05, 3.63) is 44.0 Å². The van der Waals surface area contributed by atoms with Crippen molar-refractivity contribution in [3.63, 3.8) is 0 Å². The van der Waals surface area contributed by atoms with Crippen LogP contribution in [0.2, 0.25) is 5.02 Å². The van der Waals surface area contributed by atoms with E-state index in [4.69, 9.17) is 21.1 Å². The molecule has 3 aromatic rings. The number of nitrogens with one attached hydrogen (secondary N) is 1. The molecule has 210 valence electrons. The molecule has 0 radical (unpaired) electrons. The topological polar surface area (TPSA) is 133 Å². The van der Waals surface area contributed by atoms with Crippen LogP contribution in [-0.4, -0.2) is 62.6 Å². The molecular formula is C25H28ClN3O7S3. The zero-order valence-corrected chi connectivity index (χ0v) is 24.7. The van der Waals surface area contributed by atoms with Crippen LogP contribution in [0.4, 0.5) is 5.00 Å². The summed E-state index contributed by atoms with van der Waals surface area (Å²) >= 11 is 8.55. The number of esters is 1. The number of fused-ring (bicyclic) bond motifs is 2. The number of sulfone groups is 1. The Kier molecular flexibility index (Phi) is 9.60. The van der Waals surface area contributed by atoms with E-state index in [2.05, 4.69) is 10.3 Å². The molecule has 1 N–H and O–H groups in total. The maximum atomic E-state index is 12.8. The Balaban J connectivity index is 1.51. The molecule has 2 amide bonds. The summed E-state index contributed by atoms with van der Waals surface area (Å²) in [5.74, 6) is -4.14. The minimum absolute atomic E-state index is 0.176. The lowest BCUT2D eigenvalue weighted by Crippen LogP contribution is -2.28. The minimum atomic E-state index is -4.15. The Hall–Kier alpha value is -2.58. The van der Waals surface area contributed by atoms with Gasteiger partial charge in [-0.1, -0.05) is 22.9 Å². The molecule has 0 spiro atoms. The monoisotopic (exact) mass is 613 g/mol. The molecule has 1 aromatic carbocycles. The fourth-order valence-electron chi connectivity index (χ4n) is 4.34. The first-order chi connectivity index (χ1) is 18.6. The van der Waals surface area contributed by atoms with Gasteiger partial charge >= 0.3 is 5.97 Å². The van der Waals surface area contributed by atoms with Crippen molar-refractivity contribution >= 4 is 77.1 Å². The summed E-state index contributed by atoms with van der Waals surface area (Å²) in [6, 6.07) is 5.25. The van der Waals surface area contributed by atoms with E-state index < -0.39 is 39.1 Å². The van der Waals surface area contributed by atoms with E-state index in [1.54, 1.807) is 36.8 Å². The third-order valence-electron chi connectivity index (χ3n) is 5.98. The van der Waals surface area contributed by atoms with E-state index in [1.165, 1.54) is 22.7 Å². The first kappa shape index (κ1) is 29.4. The Bertz CT molecular complexity index is 1590. The van der Waals surface area contributed by atoms with Crippen LogP contribution in [0.15, 0.2) is 23.2 Å². The molecule has 0 saturated carbocycles. The lowest BCUT2D eigenvalue weighted by atomic mass is 9.95. The Morgan fingerprint density at radius 2 is 1.92 bits per heavy atom. The van der Waals surface area contributed by atoms with E-state index in [0.717, 1.165) is 39.9 Å². The normalized spacial score (nSPS) is 13.9. The largest absolute Gasteiger partial charge is 0.462 e. The number of aryl methyl sites for hydroxylation is 1. The number of amides is 2. The molecule has 0 saturated heterocycles. The van der Waals surface area contributed by atoms with Crippen LogP contribution < -0.4 is 10.1 Å². The summed E-state index contributed by atoms with van der Waals surface area (Å²) in [4.78, 5) is 43.3. The van der Waals surface area contributed by atoms with Crippen LogP contribution in [0.1, 0.15) is 40.6 Å². The first-order valence-electron chi connectivity index (χ1n) is 12.3. The third-order valence-corrected chi connectivity index (χ3v) is 9.85. The van der Waals surface area contributed by atoms with Gasteiger partial charge in [0.1, 0.15) is 16.5 Å². The number of hydrogen-bond donors (Lipinski definition) is 1. The molecule has 0 unspecified atom stereocenters. The molecule has 10 nitrogen and oxygen atoms in total. The summed E-state index contributed by atoms with van der Waals surface area (Å²) in [6.45, 7) is 2.62. The van der Waals surface area contributed by atoms with Crippen LogP contribution in [0.5, 0.6) is 0 Å². The van der Waals surface area contributed by atoms with Gasteiger partial charge in [0.15, 0.2) is 14.6 Å². The van der Waals surface area contributed by atoms with Gasteiger partial charge in [-0.3, -0.25) is 9.59 Å². The van der Waals surface area contributed by atoms with Gasteiger partial charge in [0.2, 0.25) is 5.91 Å². The number of rotatable bonds is 10. The highest BCUT2D eigenvalue weighted by atomic mass is 35.5. The van der Waals surface area contributed by atoms with Gasteiger partial charge in [-0.25, -0.2) is 13.2 Å². The van der Waals surface area contributed by atoms with Crippen LogP contribution in [0.25, 0.3) is 10.2 Å². The summed E-state index contributed by atoms with van der Waals surface area (Å²) in [5.41, 5.74) is 1.92. The molecule has 0 atom stereocenters. The number of thiazole rings is 1. The average Bonchev–Trinajstić information content (AvgIpc) is 3.38. The zero-order chi connectivity index (χ0) is 28.2. The Morgan fingerprint density at radius 1 is 1.15 bits per heavy atom. The van der Waals surface area contributed by atoms with Gasteiger partial charge in [-0.15, -0.1) is 11.3 Å². The van der Waals surface area contributed by atoms with Crippen molar-refractivity contribution in [3.8, 4) is 0 Å². The van der Waals surface area contributed by atoms with Gasteiger partial charge in [0.25, 0.3) is 5.91 Å². The molecule has 1 aliphatic rings. The number of carbonyl (C=O) groups excluding carboxylic acids is 3. The number of methoxy groups -OCH3 is 1. The minimum Gasteiger partial charge on any atom is -0.462 e. The molecule has 2 aromatic heterocycles. The number of carbonyl (C=O) groups is 3. The number of benzene rings is 1. The predicted octanol–water partition coefficient (Wildman–Crippen LogP) is 3.60. The molecule has 4 rings (SSSR count). The van der Waals surface area contributed by atoms with Crippen LogP contribution in [0, 0.1) is 0 Å². The van der Waals surface area contributed by atoms with Gasteiger partial charge in [0.05, 0.1) is 29.0 Å². The summed E-state index contributed by atoms with van der Waals surface area (Å²) in [7, 11) is -2.60. The molecule has 14 heteroatoms. The molecule has 39 heavy (non-hydrogen) atoms. The second-order valence-electron chi connectivity index (χ2n) is 8.86. The lowest BCUT2D eigenvalue weighted by molar-refractivity contribution is -0.115. The average molecular weight is 614 g/mol. The Labute approximate surface area is 238 Å². The number of nitrogens with zero attached hydrogens (tertiary/aromatic N) is 2. The van der Waals surface area contributed by atoms with E-state index in [-0.39, 0.29) is 11.6 Å². The maximum Gasteiger partial charge on any atom is 0.341 e. The van der Waals surface area contributed by atoms with Crippen LogP contribution in [0.3, 0.4) is 0 Å². The second kappa shape index (κ2) is 12.7. The van der Waals surface area contributed by atoms with E-state index >= 15 is 0 Å². The number of anilines is 1. The van der Waals surface area contributed by atoms with Gasteiger partial charge < -0.3 is 19.4 Å². The molecule has 0 bridgehead atoms. The first-order valence-corrected chi connectivity index (χ1v) is 16.1. The zero-order valence-electron chi connectivity index (χ0n) is 21.5. The van der Waals surface area contributed by atoms with E-state index in [1.807, 2.05) is 0 Å². The molecule has 2 heterocycles. The summed E-state index contributed by atoms with van der Waals surface area (Å²) in [5, 5.41) is 3.37. The molecule has 0 aliphatic heterocycles. The van der Waals surface area contributed by atoms with Crippen LogP contribution in [-0.2, 0) is 48.3 Å². The standard InChI is InChI=1S/C25H28ClN3O7S3/c1-3-36-24(32)22-16-6-4-5-7-18(16)37-23(22)27-20(30)13-39(33,34)14-21(31)28-25-29(10-11-35-2)17-9-8-15(26)12-19(17)38-25/h8-9,12H,3-7,10-11,13-14H2,1-2H3,(H,27,30). The predicted molar refractivity (Wildman–Crippen MR) is 151 cm³/mol. The SMILES string of the molecule is CCOC(=O)c1c(NC(=O)CS(=O)(=O)CC(=O)N=c2sc3cc(Cl)ccc3n2CCOC)sc2c1CCCC2. The van der Waals surface area contributed by atoms with Crippen molar-refractivity contribution < 1.29 is 32.3 Å². The van der Waals surface area contributed by atoms with Crippen LogP contribution >= 0.6 is 34.3 Å². The summed E-state index contributed by atoms with van der Waals surface area (Å²) in [6.07, 6.45) is 3.37. The highest BCUT2D eigenvalue weighted by Gasteiger charge is 2.28. The van der Waals surface area contributed by atoms with Gasteiger partial charge in [-0.2, -0.15) is 4.99 Å². The number of hydrogen-bond acceptors (Lipinski definition) is 9. The van der Waals surface area contributed by atoms with Crippen molar-refractivity contribution in [1.82, 2.24) is 4.57 Å². The van der Waals surface area contributed by atoms with E-state index in [9.17, 15) is 22.8 Å². The fraction of sp³-hybridized carbons (Fsp3) is 0.440. The number of ether oxygens (including phenoxy) is 2. The van der Waals surface area contributed by atoms with Crippen molar-refractivity contribution in [2.45, 2.75) is 39.2 Å². The number of aromatic nitrogens is 1. The molecule has 0 fully saturated rings. The highest BCUT2D eigenvalue weighted by molar-refractivity contribution is 7.92. The Morgan fingerprint density at radius 3 is 2.67 bits per heavy atom. The number of thiophene rings is 1. The maximum absolute atomic E-state index is 12.8. The summed E-state index contributed by atoms with van der Waals surface area (Å²) < 4.78 is 38.4. The van der Waals surface area contributed by atoms with Crippen molar-refractivity contribution in [1.29, 1.82) is 0 Å². The third kappa shape index (κ3) is 7.14. The van der Waals surface area contributed by atoms with E-state index in [0.29, 0.717) is 35.0 Å². The van der Waals surface area contributed by atoms with Crippen molar-refractivity contribution in [2.24, 2.45) is 4.99 Å². The second-order valence-corrected chi connectivity index (χ2v) is 13.5. The van der Waals surface area contributed by atoms with Gasteiger partial charge in [-0.05, 0) is 56.4 Å². The van der Waals surface area contributed by atoms with Crippen molar-refractivity contribution in [2.75, 3.05) is 37.1 Å². The highest BCUT2D eigenvalue weighted by Crippen LogP contribution is 2.38. The quantitative estimate of drug-likeness (QED) is 0.345. The molecular weight excluding hydrogens is 586 g/mol. The molecule has 1 aliphatic carbocycles. The lowest BCUT2D eigenvalue weighted by Gasteiger charge is -2.12. The fourth-order valence-corrected chi connectivity index (χ4v) is 8.00. The smallest absolute Gasteiger partial charge is 0.341 e.